The third kappa shape index (κ3) is 6.65. The molecular formula is C19H29ClN2O3S. The SMILES string of the molecule is Cc1ccc(NC(=O)CC2CSCCN2)cc1OCC1CCOCC1.Cl. The number of ether oxygens (including phenoxy) is 2. The van der Waals surface area contributed by atoms with Gasteiger partial charge in [-0.2, -0.15) is 11.8 Å². The van der Waals surface area contributed by atoms with Gasteiger partial charge in [-0.1, -0.05) is 6.07 Å². The number of aryl methyl sites for hydroxylation is 1. The molecule has 1 amide bonds. The zero-order valence-electron chi connectivity index (χ0n) is 15.3. The normalized spacial score (nSPS) is 20.9. The van der Waals surface area contributed by atoms with Crippen molar-refractivity contribution in [3.05, 3.63) is 23.8 Å². The summed E-state index contributed by atoms with van der Waals surface area (Å²) in [4.78, 5) is 12.3. The fourth-order valence-corrected chi connectivity index (χ4v) is 4.09. The van der Waals surface area contributed by atoms with Crippen LogP contribution in [0, 0.1) is 12.8 Å². The zero-order valence-corrected chi connectivity index (χ0v) is 16.9. The van der Waals surface area contributed by atoms with Crippen molar-refractivity contribution in [1.29, 1.82) is 0 Å². The molecule has 1 aromatic rings. The second kappa shape index (κ2) is 11.0. The summed E-state index contributed by atoms with van der Waals surface area (Å²) in [5.41, 5.74) is 1.90. The van der Waals surface area contributed by atoms with Crippen LogP contribution in [0.25, 0.3) is 0 Å². The number of rotatable bonds is 6. The van der Waals surface area contributed by atoms with Gasteiger partial charge in [0.25, 0.3) is 0 Å². The van der Waals surface area contributed by atoms with Gasteiger partial charge in [0.1, 0.15) is 5.75 Å². The maximum absolute atomic E-state index is 12.3. The van der Waals surface area contributed by atoms with Gasteiger partial charge in [0, 0.05) is 55.5 Å². The molecule has 2 saturated heterocycles. The van der Waals surface area contributed by atoms with Crippen molar-refractivity contribution in [3.63, 3.8) is 0 Å². The highest BCUT2D eigenvalue weighted by Gasteiger charge is 2.18. The van der Waals surface area contributed by atoms with Gasteiger partial charge < -0.3 is 20.1 Å². The van der Waals surface area contributed by atoms with E-state index in [1.54, 1.807) is 0 Å². The number of hydrogen-bond donors (Lipinski definition) is 2. The van der Waals surface area contributed by atoms with Crippen LogP contribution in [-0.4, -0.2) is 49.8 Å². The molecule has 3 rings (SSSR count). The van der Waals surface area contributed by atoms with E-state index in [1.165, 1.54) is 0 Å². The Morgan fingerprint density at radius 2 is 2.19 bits per heavy atom. The summed E-state index contributed by atoms with van der Waals surface area (Å²) in [6.45, 7) is 5.39. The topological polar surface area (TPSA) is 59.6 Å². The molecule has 1 atom stereocenters. The smallest absolute Gasteiger partial charge is 0.225 e. The zero-order chi connectivity index (χ0) is 17.5. The number of halogens is 1. The van der Waals surface area contributed by atoms with Crippen LogP contribution in [0.5, 0.6) is 5.75 Å². The largest absolute Gasteiger partial charge is 0.493 e. The minimum atomic E-state index is 0. The van der Waals surface area contributed by atoms with Crippen molar-refractivity contribution in [3.8, 4) is 5.75 Å². The number of anilines is 1. The first-order valence-electron chi connectivity index (χ1n) is 9.13. The van der Waals surface area contributed by atoms with E-state index in [4.69, 9.17) is 9.47 Å². The first kappa shape index (κ1) is 21.4. The van der Waals surface area contributed by atoms with Crippen molar-refractivity contribution in [2.24, 2.45) is 5.92 Å². The Kier molecular flexibility index (Phi) is 9.05. The predicted molar refractivity (Wildman–Crippen MR) is 110 cm³/mol. The van der Waals surface area contributed by atoms with Crippen molar-refractivity contribution in [1.82, 2.24) is 5.32 Å². The van der Waals surface area contributed by atoms with Gasteiger partial charge in [-0.15, -0.1) is 12.4 Å². The summed E-state index contributed by atoms with van der Waals surface area (Å²) in [5, 5.41) is 6.40. The summed E-state index contributed by atoms with van der Waals surface area (Å²) >= 11 is 1.90. The maximum Gasteiger partial charge on any atom is 0.225 e. The quantitative estimate of drug-likeness (QED) is 0.767. The Labute approximate surface area is 166 Å². The van der Waals surface area contributed by atoms with Crippen molar-refractivity contribution in [2.45, 2.75) is 32.2 Å². The van der Waals surface area contributed by atoms with E-state index < -0.39 is 0 Å². The lowest BCUT2D eigenvalue weighted by Gasteiger charge is -2.23. The van der Waals surface area contributed by atoms with Crippen molar-refractivity contribution in [2.75, 3.05) is 43.2 Å². The van der Waals surface area contributed by atoms with Gasteiger partial charge in [0.05, 0.1) is 6.61 Å². The number of hydrogen-bond acceptors (Lipinski definition) is 5. The summed E-state index contributed by atoms with van der Waals surface area (Å²) in [5.74, 6) is 3.60. The van der Waals surface area contributed by atoms with Crippen LogP contribution >= 0.6 is 24.2 Å². The Balaban J connectivity index is 0.00000243. The molecule has 2 N–H and O–H groups in total. The molecule has 26 heavy (non-hydrogen) atoms. The number of amides is 1. The van der Waals surface area contributed by atoms with E-state index in [0.717, 1.165) is 61.1 Å². The fraction of sp³-hybridized carbons (Fsp3) is 0.632. The average Bonchev–Trinajstić information content (AvgIpc) is 2.64. The lowest BCUT2D eigenvalue weighted by Crippen LogP contribution is -2.39. The minimum Gasteiger partial charge on any atom is -0.493 e. The molecule has 0 saturated carbocycles. The van der Waals surface area contributed by atoms with Crippen molar-refractivity contribution >= 4 is 35.8 Å². The van der Waals surface area contributed by atoms with Gasteiger partial charge in [0.2, 0.25) is 5.91 Å². The van der Waals surface area contributed by atoms with Crippen LogP contribution in [0.4, 0.5) is 5.69 Å². The monoisotopic (exact) mass is 400 g/mol. The lowest BCUT2D eigenvalue weighted by molar-refractivity contribution is -0.116. The van der Waals surface area contributed by atoms with E-state index in [1.807, 2.05) is 36.9 Å². The summed E-state index contributed by atoms with van der Waals surface area (Å²) in [7, 11) is 0. The Bertz CT molecular complexity index is 576. The van der Waals surface area contributed by atoms with E-state index in [-0.39, 0.29) is 24.4 Å². The Morgan fingerprint density at radius 3 is 2.92 bits per heavy atom. The van der Waals surface area contributed by atoms with Crippen LogP contribution in [0.1, 0.15) is 24.8 Å². The van der Waals surface area contributed by atoms with E-state index in [9.17, 15) is 4.79 Å². The fourth-order valence-electron chi connectivity index (χ4n) is 3.14. The molecule has 2 aliphatic heterocycles. The van der Waals surface area contributed by atoms with Crippen LogP contribution in [0.2, 0.25) is 0 Å². The number of carbonyl (C=O) groups is 1. The van der Waals surface area contributed by atoms with Crippen LogP contribution in [0.3, 0.4) is 0 Å². The molecule has 2 aliphatic rings. The molecule has 1 aromatic carbocycles. The summed E-state index contributed by atoms with van der Waals surface area (Å²) in [6, 6.07) is 6.16. The van der Waals surface area contributed by atoms with E-state index in [0.29, 0.717) is 18.9 Å². The molecule has 7 heteroatoms. The van der Waals surface area contributed by atoms with Gasteiger partial charge >= 0.3 is 0 Å². The van der Waals surface area contributed by atoms with Crippen molar-refractivity contribution < 1.29 is 14.3 Å². The highest BCUT2D eigenvalue weighted by molar-refractivity contribution is 7.99. The minimum absolute atomic E-state index is 0. The highest BCUT2D eigenvalue weighted by atomic mass is 35.5. The summed E-state index contributed by atoms with van der Waals surface area (Å²) < 4.78 is 11.4. The van der Waals surface area contributed by atoms with Crippen LogP contribution in [-0.2, 0) is 9.53 Å². The third-order valence-electron chi connectivity index (χ3n) is 4.72. The van der Waals surface area contributed by atoms with Gasteiger partial charge in [-0.25, -0.2) is 0 Å². The summed E-state index contributed by atoms with van der Waals surface area (Å²) in [6.07, 6.45) is 2.63. The molecule has 0 aliphatic carbocycles. The van der Waals surface area contributed by atoms with E-state index in [2.05, 4.69) is 10.6 Å². The first-order chi connectivity index (χ1) is 12.2. The molecule has 5 nitrogen and oxygen atoms in total. The molecule has 2 fully saturated rings. The number of benzene rings is 1. The molecule has 146 valence electrons. The Hall–Kier alpha value is -0.950. The molecule has 0 aromatic heterocycles. The highest BCUT2D eigenvalue weighted by Crippen LogP contribution is 2.25. The lowest BCUT2D eigenvalue weighted by atomic mass is 10.0. The standard InChI is InChI=1S/C19H28N2O3S.ClH/c1-14-2-3-16(21-19(22)11-17-13-25-9-6-20-17)10-18(14)24-12-15-4-7-23-8-5-15;/h2-3,10,15,17,20H,4-9,11-13H2,1H3,(H,21,22);1H. The molecule has 0 spiro atoms. The molecule has 1 unspecified atom stereocenters. The molecule has 2 heterocycles. The first-order valence-corrected chi connectivity index (χ1v) is 10.3. The number of carbonyl (C=O) groups excluding carboxylic acids is 1. The Morgan fingerprint density at radius 1 is 1.38 bits per heavy atom. The second-order valence-corrected chi connectivity index (χ2v) is 7.98. The van der Waals surface area contributed by atoms with Gasteiger partial charge in [-0.05, 0) is 37.3 Å². The number of nitrogens with one attached hydrogen (secondary N) is 2. The molecule has 0 bridgehead atoms. The maximum atomic E-state index is 12.3. The number of thioether (sulfide) groups is 1. The van der Waals surface area contributed by atoms with Gasteiger partial charge in [0.15, 0.2) is 0 Å². The average molecular weight is 401 g/mol. The third-order valence-corrected chi connectivity index (χ3v) is 5.85. The second-order valence-electron chi connectivity index (χ2n) is 6.83. The van der Waals surface area contributed by atoms with E-state index >= 15 is 0 Å². The molecule has 0 radical (unpaired) electrons. The van der Waals surface area contributed by atoms with Crippen LogP contribution < -0.4 is 15.4 Å². The van der Waals surface area contributed by atoms with Crippen LogP contribution in [0.15, 0.2) is 18.2 Å². The molecular weight excluding hydrogens is 372 g/mol. The van der Waals surface area contributed by atoms with Gasteiger partial charge in [-0.3, -0.25) is 4.79 Å². The predicted octanol–water partition coefficient (Wildman–Crippen LogP) is 3.26.